The first-order chi connectivity index (χ1) is 9.49. The second kappa shape index (κ2) is 6.37. The largest absolute Gasteiger partial charge is 0.416 e. The number of alkyl halides is 3. The lowest BCUT2D eigenvalue weighted by molar-refractivity contribution is -0.137. The van der Waals surface area contributed by atoms with Crippen molar-refractivity contribution in [1.82, 2.24) is 4.98 Å². The molecule has 6 heteroatoms. The maximum atomic E-state index is 12.4. The van der Waals surface area contributed by atoms with E-state index in [1.165, 1.54) is 23.5 Å². The second-order valence-corrected chi connectivity index (χ2v) is 5.37. The van der Waals surface area contributed by atoms with E-state index in [0.717, 1.165) is 36.2 Å². The summed E-state index contributed by atoms with van der Waals surface area (Å²) >= 11 is 1.35. The van der Waals surface area contributed by atoms with Gasteiger partial charge in [0, 0.05) is 5.38 Å². The molecule has 0 N–H and O–H groups in total. The molecule has 0 amide bonds. The van der Waals surface area contributed by atoms with E-state index in [1.807, 2.05) is 5.38 Å². The molecule has 0 aliphatic carbocycles. The van der Waals surface area contributed by atoms with Crippen LogP contribution in [0.15, 0.2) is 29.6 Å². The van der Waals surface area contributed by atoms with Crippen molar-refractivity contribution in [2.45, 2.75) is 32.0 Å². The van der Waals surface area contributed by atoms with E-state index in [0.29, 0.717) is 11.4 Å². The Hall–Kier alpha value is -1.40. The quantitative estimate of drug-likeness (QED) is 0.811. The molecule has 0 unspecified atom stereocenters. The van der Waals surface area contributed by atoms with Crippen LogP contribution in [0.2, 0.25) is 0 Å². The SMILES string of the molecule is [O]Cc1nc(CCCc2ccc(C(F)(F)F)cc2)cs1. The fourth-order valence-electron chi connectivity index (χ4n) is 1.86. The smallest absolute Gasteiger partial charge is 0.244 e. The molecule has 1 heterocycles. The number of halogens is 3. The highest BCUT2D eigenvalue weighted by molar-refractivity contribution is 7.09. The average Bonchev–Trinajstić information content (AvgIpc) is 2.86. The third kappa shape index (κ3) is 4.05. The van der Waals surface area contributed by atoms with E-state index in [4.69, 9.17) is 0 Å². The molecular weight excluding hydrogens is 287 g/mol. The summed E-state index contributed by atoms with van der Waals surface area (Å²) in [6.45, 7) is -0.302. The highest BCUT2D eigenvalue weighted by atomic mass is 32.1. The van der Waals surface area contributed by atoms with Crippen molar-refractivity contribution in [3.05, 3.63) is 51.5 Å². The van der Waals surface area contributed by atoms with Crippen LogP contribution < -0.4 is 0 Å². The number of benzene rings is 1. The Morgan fingerprint density at radius 1 is 1.10 bits per heavy atom. The standard InChI is InChI=1S/C14H13F3NOS/c15-14(16,17)11-6-4-10(5-7-11)2-1-3-12-9-20-13(8-19)18-12/h4-7,9H,1-3,8H2. The van der Waals surface area contributed by atoms with E-state index in [1.54, 1.807) is 0 Å². The van der Waals surface area contributed by atoms with Gasteiger partial charge in [0.1, 0.15) is 11.6 Å². The molecule has 0 saturated carbocycles. The minimum atomic E-state index is -4.28. The molecule has 0 atom stereocenters. The molecule has 0 spiro atoms. The average molecular weight is 300 g/mol. The molecular formula is C14H13F3NOS. The highest BCUT2D eigenvalue weighted by Crippen LogP contribution is 2.29. The van der Waals surface area contributed by atoms with Crippen molar-refractivity contribution in [2.75, 3.05) is 0 Å². The lowest BCUT2D eigenvalue weighted by Gasteiger charge is -2.07. The van der Waals surface area contributed by atoms with Gasteiger partial charge in [0.2, 0.25) is 0 Å². The van der Waals surface area contributed by atoms with Crippen LogP contribution in [-0.4, -0.2) is 4.98 Å². The van der Waals surface area contributed by atoms with Gasteiger partial charge in [0.25, 0.3) is 0 Å². The third-order valence-electron chi connectivity index (χ3n) is 2.90. The summed E-state index contributed by atoms with van der Waals surface area (Å²) < 4.78 is 37.2. The molecule has 0 fully saturated rings. The summed E-state index contributed by atoms with van der Waals surface area (Å²) in [5.41, 5.74) is 1.13. The van der Waals surface area contributed by atoms with E-state index in [9.17, 15) is 18.3 Å². The summed E-state index contributed by atoms with van der Waals surface area (Å²) in [4.78, 5) is 4.16. The number of rotatable bonds is 5. The molecule has 20 heavy (non-hydrogen) atoms. The van der Waals surface area contributed by atoms with Crippen molar-refractivity contribution in [1.29, 1.82) is 0 Å². The monoisotopic (exact) mass is 300 g/mol. The Balaban J connectivity index is 1.85. The third-order valence-corrected chi connectivity index (χ3v) is 3.77. The van der Waals surface area contributed by atoms with Crippen LogP contribution in [0.4, 0.5) is 13.2 Å². The van der Waals surface area contributed by atoms with Crippen molar-refractivity contribution in [3.63, 3.8) is 0 Å². The zero-order valence-corrected chi connectivity index (χ0v) is 11.4. The van der Waals surface area contributed by atoms with Crippen LogP contribution in [0.5, 0.6) is 0 Å². The minimum absolute atomic E-state index is 0.302. The van der Waals surface area contributed by atoms with Gasteiger partial charge in [-0.1, -0.05) is 12.1 Å². The molecule has 2 nitrogen and oxygen atoms in total. The van der Waals surface area contributed by atoms with E-state index >= 15 is 0 Å². The van der Waals surface area contributed by atoms with Crippen LogP contribution in [-0.2, 0) is 30.7 Å². The molecule has 1 radical (unpaired) electrons. The zero-order valence-electron chi connectivity index (χ0n) is 10.6. The van der Waals surface area contributed by atoms with Crippen LogP contribution in [0.3, 0.4) is 0 Å². The first-order valence-corrected chi connectivity index (χ1v) is 7.04. The minimum Gasteiger partial charge on any atom is -0.244 e. The molecule has 2 rings (SSSR count). The molecule has 0 aliphatic heterocycles. The van der Waals surface area contributed by atoms with Gasteiger partial charge in [-0.2, -0.15) is 13.2 Å². The number of nitrogens with zero attached hydrogens (tertiary/aromatic N) is 1. The fraction of sp³-hybridized carbons (Fsp3) is 0.357. The Morgan fingerprint density at radius 2 is 1.80 bits per heavy atom. The Morgan fingerprint density at radius 3 is 2.35 bits per heavy atom. The molecule has 0 aliphatic rings. The number of hydrogen-bond donors (Lipinski definition) is 0. The van der Waals surface area contributed by atoms with Gasteiger partial charge in [-0.15, -0.1) is 11.3 Å². The molecule has 107 valence electrons. The normalized spacial score (nSPS) is 11.8. The maximum absolute atomic E-state index is 12.4. The van der Waals surface area contributed by atoms with Crippen LogP contribution in [0.25, 0.3) is 0 Å². The van der Waals surface area contributed by atoms with Crippen LogP contribution in [0, 0.1) is 0 Å². The maximum Gasteiger partial charge on any atom is 0.416 e. The van der Waals surface area contributed by atoms with Gasteiger partial charge in [0.15, 0.2) is 0 Å². The molecule has 2 aromatic rings. The molecule has 0 saturated heterocycles. The van der Waals surface area contributed by atoms with Gasteiger partial charge in [-0.3, -0.25) is 0 Å². The van der Waals surface area contributed by atoms with Crippen molar-refractivity contribution in [2.24, 2.45) is 0 Å². The lowest BCUT2D eigenvalue weighted by atomic mass is 10.1. The van der Waals surface area contributed by atoms with E-state index in [2.05, 4.69) is 4.98 Å². The lowest BCUT2D eigenvalue weighted by Crippen LogP contribution is -2.04. The van der Waals surface area contributed by atoms with Crippen molar-refractivity contribution in [3.8, 4) is 0 Å². The Bertz CT molecular complexity index is 548. The van der Waals surface area contributed by atoms with Crippen molar-refractivity contribution < 1.29 is 18.3 Å². The highest BCUT2D eigenvalue weighted by Gasteiger charge is 2.29. The van der Waals surface area contributed by atoms with Gasteiger partial charge in [-0.25, -0.2) is 10.1 Å². The molecule has 1 aromatic carbocycles. The van der Waals surface area contributed by atoms with Gasteiger partial charge >= 0.3 is 6.18 Å². The topological polar surface area (TPSA) is 32.8 Å². The number of thiazole rings is 1. The first-order valence-electron chi connectivity index (χ1n) is 6.16. The summed E-state index contributed by atoms with van der Waals surface area (Å²) in [5, 5.41) is 13.0. The predicted octanol–water partition coefficient (Wildman–Crippen LogP) is 4.27. The first kappa shape index (κ1) is 15.0. The summed E-state index contributed by atoms with van der Waals surface area (Å²) in [5.74, 6) is 0. The summed E-state index contributed by atoms with van der Waals surface area (Å²) in [6.07, 6.45) is -2.05. The van der Waals surface area contributed by atoms with Crippen molar-refractivity contribution >= 4 is 11.3 Å². The number of aromatic nitrogens is 1. The fourth-order valence-corrected chi connectivity index (χ4v) is 2.54. The number of hydrogen-bond acceptors (Lipinski definition) is 2. The Labute approximate surface area is 118 Å². The number of aryl methyl sites for hydroxylation is 2. The molecule has 0 bridgehead atoms. The zero-order chi connectivity index (χ0) is 14.6. The second-order valence-electron chi connectivity index (χ2n) is 4.43. The van der Waals surface area contributed by atoms with Gasteiger partial charge in [0.05, 0.1) is 11.3 Å². The van der Waals surface area contributed by atoms with Crippen LogP contribution >= 0.6 is 11.3 Å². The summed E-state index contributed by atoms with van der Waals surface area (Å²) in [7, 11) is 0. The molecule has 1 aromatic heterocycles. The van der Waals surface area contributed by atoms with Crippen LogP contribution in [0.1, 0.15) is 28.2 Å². The predicted molar refractivity (Wildman–Crippen MR) is 70.0 cm³/mol. The van der Waals surface area contributed by atoms with Gasteiger partial charge in [-0.05, 0) is 37.0 Å². The van der Waals surface area contributed by atoms with E-state index < -0.39 is 11.7 Å². The van der Waals surface area contributed by atoms with E-state index in [-0.39, 0.29) is 6.61 Å². The Kier molecular flexibility index (Phi) is 4.77. The van der Waals surface area contributed by atoms with Gasteiger partial charge < -0.3 is 0 Å². The summed E-state index contributed by atoms with van der Waals surface area (Å²) in [6, 6.07) is 5.22.